The Morgan fingerprint density at radius 1 is 1.25 bits per heavy atom. The van der Waals surface area contributed by atoms with Gasteiger partial charge in [0.2, 0.25) is 5.89 Å². The second-order valence-electron chi connectivity index (χ2n) is 3.55. The van der Waals surface area contributed by atoms with Crippen LogP contribution in [-0.4, -0.2) is 10.2 Å². The smallest absolute Gasteiger partial charge is 0.281 e. The summed E-state index contributed by atoms with van der Waals surface area (Å²) < 4.78 is 5.28. The first-order valence-corrected chi connectivity index (χ1v) is 5.80. The number of benzene rings is 1. The molecule has 1 heterocycles. The van der Waals surface area contributed by atoms with Crippen molar-refractivity contribution in [2.75, 3.05) is 0 Å². The summed E-state index contributed by atoms with van der Waals surface area (Å²) in [5.41, 5.74) is 6.89. The van der Waals surface area contributed by atoms with Gasteiger partial charge in [0.15, 0.2) is 0 Å². The summed E-state index contributed by atoms with van der Waals surface area (Å²) in [7, 11) is 0. The molecule has 2 N–H and O–H groups in total. The average Bonchev–Trinajstić information content (AvgIpc) is 2.65. The molecule has 0 radical (unpaired) electrons. The molecular weight excluding hydrogens is 222 g/mol. The van der Waals surface area contributed by atoms with Crippen LogP contribution in [0.2, 0.25) is 0 Å². The summed E-state index contributed by atoms with van der Waals surface area (Å²) in [6, 6.07) is 8.09. The molecule has 0 bridgehead atoms. The first-order valence-electron chi connectivity index (χ1n) is 4.98. The van der Waals surface area contributed by atoms with E-state index < -0.39 is 0 Å². The van der Waals surface area contributed by atoms with Gasteiger partial charge in [-0.25, -0.2) is 0 Å². The third kappa shape index (κ3) is 2.62. The molecule has 2 rings (SSSR count). The zero-order valence-electron chi connectivity index (χ0n) is 9.18. The fraction of sp³-hybridized carbons (Fsp3) is 0.273. The molecule has 1 aromatic carbocycles. The Kier molecular flexibility index (Phi) is 3.26. The Labute approximate surface area is 98.2 Å². The van der Waals surface area contributed by atoms with Crippen molar-refractivity contribution in [1.29, 1.82) is 0 Å². The highest BCUT2D eigenvalue weighted by atomic mass is 32.2. The predicted molar refractivity (Wildman–Crippen MR) is 62.2 cm³/mol. The van der Waals surface area contributed by atoms with Gasteiger partial charge in [-0.3, -0.25) is 0 Å². The van der Waals surface area contributed by atoms with E-state index in [2.05, 4.69) is 10.2 Å². The van der Waals surface area contributed by atoms with Crippen LogP contribution in [0.5, 0.6) is 0 Å². The molecule has 84 valence electrons. The van der Waals surface area contributed by atoms with Gasteiger partial charge in [-0.05, 0) is 36.4 Å². The molecule has 0 spiro atoms. The minimum atomic E-state index is 0.0599. The van der Waals surface area contributed by atoms with Crippen LogP contribution in [0.4, 0.5) is 0 Å². The average molecular weight is 235 g/mol. The largest absolute Gasteiger partial charge is 0.416 e. The van der Waals surface area contributed by atoms with Crippen LogP contribution in [0.3, 0.4) is 0 Å². The van der Waals surface area contributed by atoms with Gasteiger partial charge in [0.25, 0.3) is 5.22 Å². The van der Waals surface area contributed by atoms with Crippen molar-refractivity contribution in [3.05, 3.63) is 35.7 Å². The lowest BCUT2D eigenvalue weighted by molar-refractivity contribution is 0.429. The zero-order valence-corrected chi connectivity index (χ0v) is 9.99. The third-order valence-corrected chi connectivity index (χ3v) is 2.97. The highest BCUT2D eigenvalue weighted by Gasteiger charge is 2.05. The Morgan fingerprint density at radius 3 is 2.44 bits per heavy atom. The number of rotatable bonds is 3. The summed E-state index contributed by atoms with van der Waals surface area (Å²) in [6.07, 6.45) is 0. The van der Waals surface area contributed by atoms with E-state index in [1.165, 1.54) is 11.8 Å². The number of nitrogens with two attached hydrogens (primary N) is 1. The highest BCUT2D eigenvalue weighted by molar-refractivity contribution is 7.99. The van der Waals surface area contributed by atoms with E-state index in [1.807, 2.05) is 31.2 Å². The van der Waals surface area contributed by atoms with Gasteiger partial charge < -0.3 is 10.2 Å². The maximum atomic E-state index is 5.77. The lowest BCUT2D eigenvalue weighted by Gasteiger charge is -2.05. The van der Waals surface area contributed by atoms with Crippen molar-refractivity contribution in [3.63, 3.8) is 0 Å². The lowest BCUT2D eigenvalue weighted by Crippen LogP contribution is -2.04. The molecule has 0 saturated heterocycles. The zero-order chi connectivity index (χ0) is 11.5. The lowest BCUT2D eigenvalue weighted by atomic mass is 10.1. The predicted octanol–water partition coefficient (Wildman–Crippen LogP) is 2.55. The number of aryl methyl sites for hydroxylation is 1. The third-order valence-electron chi connectivity index (χ3n) is 2.12. The van der Waals surface area contributed by atoms with Gasteiger partial charge in [-0.1, -0.05) is 12.1 Å². The first-order chi connectivity index (χ1) is 7.65. The van der Waals surface area contributed by atoms with Gasteiger partial charge in [0.1, 0.15) is 0 Å². The highest BCUT2D eigenvalue weighted by Crippen LogP contribution is 2.27. The molecule has 0 aliphatic carbocycles. The van der Waals surface area contributed by atoms with Crippen LogP contribution in [0.25, 0.3) is 0 Å². The Bertz CT molecular complexity index is 464. The van der Waals surface area contributed by atoms with Crippen molar-refractivity contribution in [2.24, 2.45) is 5.73 Å². The molecule has 0 saturated carbocycles. The normalized spacial score (nSPS) is 12.7. The van der Waals surface area contributed by atoms with Gasteiger partial charge in [-0.2, -0.15) is 0 Å². The molecular formula is C11H13N3OS. The molecule has 1 aromatic heterocycles. The van der Waals surface area contributed by atoms with Crippen LogP contribution >= 0.6 is 11.8 Å². The number of hydrogen-bond acceptors (Lipinski definition) is 5. The van der Waals surface area contributed by atoms with E-state index in [-0.39, 0.29) is 6.04 Å². The second kappa shape index (κ2) is 4.67. The van der Waals surface area contributed by atoms with E-state index in [0.29, 0.717) is 11.1 Å². The quantitative estimate of drug-likeness (QED) is 0.885. The van der Waals surface area contributed by atoms with Crippen molar-refractivity contribution in [3.8, 4) is 0 Å². The van der Waals surface area contributed by atoms with E-state index in [4.69, 9.17) is 10.2 Å². The van der Waals surface area contributed by atoms with Gasteiger partial charge in [-0.15, -0.1) is 10.2 Å². The van der Waals surface area contributed by atoms with Crippen LogP contribution in [0.15, 0.2) is 38.8 Å². The van der Waals surface area contributed by atoms with Crippen molar-refractivity contribution in [2.45, 2.75) is 30.0 Å². The van der Waals surface area contributed by atoms with Crippen molar-refractivity contribution in [1.82, 2.24) is 10.2 Å². The SMILES string of the molecule is Cc1nnc(Sc2ccc([C@@H](C)N)cc2)o1. The van der Waals surface area contributed by atoms with E-state index in [9.17, 15) is 0 Å². The Balaban J connectivity index is 2.11. The number of hydrogen-bond donors (Lipinski definition) is 1. The van der Waals surface area contributed by atoms with Crippen LogP contribution in [0, 0.1) is 6.92 Å². The maximum absolute atomic E-state index is 5.77. The fourth-order valence-corrected chi connectivity index (χ4v) is 1.98. The van der Waals surface area contributed by atoms with Crippen LogP contribution in [0.1, 0.15) is 24.4 Å². The minimum Gasteiger partial charge on any atom is -0.416 e. The molecule has 0 aliphatic rings. The molecule has 2 aromatic rings. The molecule has 1 atom stereocenters. The molecule has 4 nitrogen and oxygen atoms in total. The molecule has 0 unspecified atom stereocenters. The summed E-state index contributed by atoms with van der Waals surface area (Å²) in [4.78, 5) is 1.06. The van der Waals surface area contributed by atoms with Gasteiger partial charge >= 0.3 is 0 Å². The van der Waals surface area contributed by atoms with E-state index in [0.717, 1.165) is 10.5 Å². The summed E-state index contributed by atoms with van der Waals surface area (Å²) in [6.45, 7) is 3.74. The van der Waals surface area contributed by atoms with Gasteiger partial charge in [0.05, 0.1) is 0 Å². The van der Waals surface area contributed by atoms with E-state index in [1.54, 1.807) is 6.92 Å². The second-order valence-corrected chi connectivity index (χ2v) is 4.57. The molecule has 0 amide bonds. The number of nitrogens with zero attached hydrogens (tertiary/aromatic N) is 2. The van der Waals surface area contributed by atoms with Crippen molar-refractivity contribution < 1.29 is 4.42 Å². The first kappa shape index (κ1) is 11.2. The Morgan fingerprint density at radius 2 is 1.94 bits per heavy atom. The molecule has 0 fully saturated rings. The number of aromatic nitrogens is 2. The topological polar surface area (TPSA) is 64.9 Å². The summed E-state index contributed by atoms with van der Waals surface area (Å²) in [5.74, 6) is 0.578. The standard InChI is InChI=1S/C11H13N3OS/c1-7(12)9-3-5-10(6-4-9)16-11-14-13-8(2)15-11/h3-7H,12H2,1-2H3/t7-/m1/s1. The van der Waals surface area contributed by atoms with Crippen LogP contribution in [-0.2, 0) is 0 Å². The fourth-order valence-electron chi connectivity index (χ4n) is 1.26. The summed E-state index contributed by atoms with van der Waals surface area (Å²) >= 11 is 1.45. The van der Waals surface area contributed by atoms with Crippen LogP contribution < -0.4 is 5.73 Å². The molecule has 5 heteroatoms. The van der Waals surface area contributed by atoms with Gasteiger partial charge in [0, 0.05) is 17.9 Å². The van der Waals surface area contributed by atoms with Crippen molar-refractivity contribution >= 4 is 11.8 Å². The monoisotopic (exact) mass is 235 g/mol. The molecule has 16 heavy (non-hydrogen) atoms. The maximum Gasteiger partial charge on any atom is 0.281 e. The summed E-state index contributed by atoms with van der Waals surface area (Å²) in [5, 5.41) is 8.25. The van der Waals surface area contributed by atoms with E-state index >= 15 is 0 Å². The minimum absolute atomic E-state index is 0.0599. The Hall–Kier alpha value is -1.33. The molecule has 0 aliphatic heterocycles.